The minimum Gasteiger partial charge on any atom is -0.478 e. The monoisotopic (exact) mass is 602 g/mol. The normalized spacial score (nSPS) is 39.1. The summed E-state index contributed by atoms with van der Waals surface area (Å²) in [5, 5.41) is 42.6. The van der Waals surface area contributed by atoms with Crippen LogP contribution < -0.4 is 21.7 Å². The van der Waals surface area contributed by atoms with Gasteiger partial charge in [-0.2, -0.15) is 0 Å². The van der Waals surface area contributed by atoms with Gasteiger partial charge < -0.3 is 46.6 Å². The molecular weight excluding hydrogens is 548 g/mol. The molecule has 1 heterocycles. The van der Waals surface area contributed by atoms with E-state index >= 15 is 0 Å². The van der Waals surface area contributed by atoms with Crippen molar-refractivity contribution in [1.82, 2.24) is 20.9 Å². The Morgan fingerprint density at radius 2 is 2.05 bits per heavy atom. The predicted molar refractivity (Wildman–Crippen MR) is 166 cm³/mol. The molecular formula is C32H54N6O5. The lowest BCUT2D eigenvalue weighted by molar-refractivity contribution is -0.143. The number of nitrogens with one attached hydrogen (secondary N) is 3. The summed E-state index contributed by atoms with van der Waals surface area (Å²) in [6.07, 6.45) is 11.2. The summed E-state index contributed by atoms with van der Waals surface area (Å²) in [5.41, 5.74) is 5.20. The molecule has 5 rings (SSSR count). The van der Waals surface area contributed by atoms with Crippen molar-refractivity contribution in [2.45, 2.75) is 76.0 Å². The summed E-state index contributed by atoms with van der Waals surface area (Å²) in [6, 6.07) is 0.377. The van der Waals surface area contributed by atoms with Crippen molar-refractivity contribution < 1.29 is 24.9 Å². The van der Waals surface area contributed by atoms with Crippen LogP contribution in [0.5, 0.6) is 0 Å². The second-order valence-electron chi connectivity index (χ2n) is 13.7. The number of hydrogen-bond acceptors (Lipinski definition) is 8. The lowest BCUT2D eigenvalue weighted by Crippen LogP contribution is -2.62. The number of ether oxygens (including phenoxy) is 1. The smallest absolute Gasteiger partial charge is 0.334 e. The fourth-order valence-electron chi connectivity index (χ4n) is 9.79. The number of hydrogen-bond donors (Lipinski definition) is 7. The zero-order chi connectivity index (χ0) is 30.8. The van der Waals surface area contributed by atoms with Crippen LogP contribution in [0.3, 0.4) is 0 Å². The van der Waals surface area contributed by atoms with Crippen LogP contribution in [-0.4, -0.2) is 110 Å². The van der Waals surface area contributed by atoms with Crippen molar-refractivity contribution >= 4 is 11.9 Å². The number of guanidine groups is 1. The Morgan fingerprint density at radius 3 is 2.77 bits per heavy atom. The number of allylic oxidation sites excluding steroid dienone is 1. The second-order valence-corrected chi connectivity index (χ2v) is 13.7. The van der Waals surface area contributed by atoms with Gasteiger partial charge in [-0.1, -0.05) is 13.0 Å². The lowest BCUT2D eigenvalue weighted by Gasteiger charge is -2.61. The molecule has 11 nitrogen and oxygen atoms in total. The Bertz CT molecular complexity index is 1110. The minimum absolute atomic E-state index is 0.00384. The van der Waals surface area contributed by atoms with E-state index in [4.69, 9.17) is 10.5 Å². The number of carbonyl (C=O) groups is 1. The number of carboxylic acids is 1. The number of aliphatic hydroxyl groups excluding tert-OH is 1. The van der Waals surface area contributed by atoms with Crippen LogP contribution in [0.1, 0.15) is 58.3 Å². The Labute approximate surface area is 256 Å². The van der Waals surface area contributed by atoms with E-state index in [2.05, 4.69) is 33.9 Å². The average Bonchev–Trinajstić information content (AvgIpc) is 3.34. The molecule has 5 aliphatic rings. The van der Waals surface area contributed by atoms with E-state index in [9.17, 15) is 20.1 Å². The maximum atomic E-state index is 13.1. The van der Waals surface area contributed by atoms with E-state index in [1.54, 1.807) is 0 Å². The molecule has 0 aromatic carbocycles. The molecule has 0 aromatic rings. The summed E-state index contributed by atoms with van der Waals surface area (Å²) in [5.74, 6) is -0.0934. The van der Waals surface area contributed by atoms with E-state index < -0.39 is 17.0 Å². The standard InChI is InChI=1S/C32H54N6O5/c1-21-7-8-22-15-26-27(28(40)41)30(42,20-43-25-6-4-5-24(16-25)35-3)18-31(21,26)32(22)19-38(29(33)37-11-10-34-2)13-9-23(32)17-36-12-14-39/h9,13,21-25,34-36,39,42H,4-8,10-12,14-20H2,1-3H3,(H2,33,37)(H,40,41)/t21-,22-,23-,24+,25+,30+,31+,32-/m1/s1. The molecule has 3 fully saturated rings. The highest BCUT2D eigenvalue weighted by Gasteiger charge is 2.75. The topological polar surface area (TPSA) is 165 Å². The molecule has 0 radical (unpaired) electrons. The van der Waals surface area contributed by atoms with Crippen molar-refractivity contribution in [2.24, 2.45) is 39.3 Å². The van der Waals surface area contributed by atoms with E-state index in [0.717, 1.165) is 50.6 Å². The number of rotatable bonds is 12. The third kappa shape index (κ3) is 5.55. The predicted octanol–water partition coefficient (Wildman–Crippen LogP) is 1.03. The third-order valence-corrected chi connectivity index (χ3v) is 11.7. The summed E-state index contributed by atoms with van der Waals surface area (Å²) in [7, 11) is 3.86. The molecule has 2 bridgehead atoms. The lowest BCUT2D eigenvalue weighted by atomic mass is 9.46. The Balaban J connectivity index is 1.54. The highest BCUT2D eigenvalue weighted by Crippen LogP contribution is 2.77. The van der Waals surface area contributed by atoms with Crippen LogP contribution in [0.2, 0.25) is 0 Å². The zero-order valence-electron chi connectivity index (χ0n) is 26.3. The van der Waals surface area contributed by atoms with E-state index in [-0.39, 0.29) is 48.1 Å². The number of nitrogens with zero attached hydrogens (tertiary/aromatic N) is 2. The minimum atomic E-state index is -1.57. The number of aliphatic imine (C=N–C) groups is 1. The number of likely N-dealkylation sites (N-methyl/N-ethyl adjacent to an activating group) is 1. The summed E-state index contributed by atoms with van der Waals surface area (Å²) >= 11 is 0. The Kier molecular flexibility index (Phi) is 9.90. The van der Waals surface area contributed by atoms with Gasteiger partial charge in [0.2, 0.25) is 0 Å². The van der Waals surface area contributed by atoms with Gasteiger partial charge in [0.1, 0.15) is 5.60 Å². The molecule has 11 heteroatoms. The molecule has 0 aromatic heterocycles. The van der Waals surface area contributed by atoms with Crippen LogP contribution in [0, 0.1) is 28.6 Å². The highest BCUT2D eigenvalue weighted by molar-refractivity contribution is 5.92. The fourth-order valence-corrected chi connectivity index (χ4v) is 9.79. The first-order valence-electron chi connectivity index (χ1n) is 16.4. The van der Waals surface area contributed by atoms with Gasteiger partial charge in [0.05, 0.1) is 31.4 Å². The first kappa shape index (κ1) is 32.4. The van der Waals surface area contributed by atoms with Gasteiger partial charge in [-0.05, 0) is 88.8 Å². The third-order valence-electron chi connectivity index (χ3n) is 11.7. The summed E-state index contributed by atoms with van der Waals surface area (Å²) < 4.78 is 6.42. The molecule has 0 amide bonds. The van der Waals surface area contributed by atoms with Crippen molar-refractivity contribution in [3.8, 4) is 0 Å². The van der Waals surface area contributed by atoms with Crippen LogP contribution >= 0.6 is 0 Å². The molecule has 1 aliphatic heterocycles. The summed E-state index contributed by atoms with van der Waals surface area (Å²) in [6.45, 7) is 5.33. The molecule has 0 saturated heterocycles. The number of aliphatic hydroxyl groups is 2. The van der Waals surface area contributed by atoms with Crippen molar-refractivity contribution in [2.75, 3.05) is 60.0 Å². The van der Waals surface area contributed by atoms with Crippen LogP contribution in [-0.2, 0) is 9.53 Å². The number of nitrogens with two attached hydrogens (primary N) is 1. The Hall–Kier alpha value is -2.02. The first-order valence-corrected chi connectivity index (χ1v) is 16.4. The fraction of sp³-hybridized carbons (Fsp3) is 0.812. The zero-order valence-corrected chi connectivity index (χ0v) is 26.3. The SMILES string of the molecule is CNCCN=C(N)N1C=C[C@H](CNCCO)[C@@]2(C1)[C@@H]1CC[C@@H](C)[C@]23C[C@](O)(CO[C@H]2CCC[C@H](NC)C2)C(C(=O)O)=C3C1. The van der Waals surface area contributed by atoms with E-state index in [1.165, 1.54) is 0 Å². The largest absolute Gasteiger partial charge is 0.478 e. The maximum Gasteiger partial charge on any atom is 0.334 e. The van der Waals surface area contributed by atoms with Gasteiger partial charge in [-0.25, -0.2) is 4.79 Å². The van der Waals surface area contributed by atoms with E-state index in [0.29, 0.717) is 51.0 Å². The van der Waals surface area contributed by atoms with Gasteiger partial charge in [0, 0.05) is 49.3 Å². The molecule has 0 unspecified atom stereocenters. The maximum absolute atomic E-state index is 13.1. The Morgan fingerprint density at radius 1 is 1.23 bits per heavy atom. The van der Waals surface area contributed by atoms with Crippen molar-refractivity contribution in [1.29, 1.82) is 0 Å². The highest BCUT2D eigenvalue weighted by atomic mass is 16.5. The quantitative estimate of drug-likeness (QED) is 0.0975. The van der Waals surface area contributed by atoms with E-state index in [1.807, 2.05) is 25.2 Å². The first-order chi connectivity index (χ1) is 20.7. The van der Waals surface area contributed by atoms with Gasteiger partial charge in [-0.3, -0.25) is 4.99 Å². The molecule has 4 aliphatic carbocycles. The molecule has 43 heavy (non-hydrogen) atoms. The molecule has 3 saturated carbocycles. The molecule has 242 valence electrons. The van der Waals surface area contributed by atoms with Crippen LogP contribution in [0.4, 0.5) is 0 Å². The van der Waals surface area contributed by atoms with Gasteiger partial charge in [0.15, 0.2) is 5.96 Å². The number of carboxylic acid groups (broad SMARTS) is 1. The molecule has 8 atom stereocenters. The molecule has 8 N–H and O–H groups in total. The van der Waals surface area contributed by atoms with Crippen molar-refractivity contribution in [3.05, 3.63) is 23.4 Å². The molecule has 2 spiro atoms. The van der Waals surface area contributed by atoms with Gasteiger partial charge in [-0.15, -0.1) is 0 Å². The second kappa shape index (κ2) is 13.1. The van der Waals surface area contributed by atoms with Crippen molar-refractivity contribution in [3.63, 3.8) is 0 Å². The van der Waals surface area contributed by atoms with Crippen LogP contribution in [0.15, 0.2) is 28.4 Å². The number of aliphatic carboxylic acids is 1. The summed E-state index contributed by atoms with van der Waals surface area (Å²) in [4.78, 5) is 19.8. The van der Waals surface area contributed by atoms with Gasteiger partial charge >= 0.3 is 5.97 Å². The van der Waals surface area contributed by atoms with Crippen LogP contribution in [0.25, 0.3) is 0 Å². The van der Waals surface area contributed by atoms with Gasteiger partial charge in [0.25, 0.3) is 0 Å². The average molecular weight is 603 g/mol.